The van der Waals surface area contributed by atoms with E-state index in [4.69, 9.17) is 15.6 Å². The van der Waals surface area contributed by atoms with Crippen LogP contribution in [0.1, 0.15) is 47.2 Å². The number of nitrogens with two attached hydrogens (primary N) is 1. The number of hydrogen-bond donors (Lipinski definition) is 3. The number of piperidine rings is 1. The molecule has 1 unspecified atom stereocenters. The number of nitrogens with zero attached hydrogens (tertiary/aromatic N) is 5. The highest BCUT2D eigenvalue weighted by Crippen LogP contribution is 2.41. The van der Waals surface area contributed by atoms with Gasteiger partial charge in [0.2, 0.25) is 11.6 Å². The number of carbonyl (C=O) groups excluding carboxylic acids is 2. The quantitative estimate of drug-likeness (QED) is 0.331. The molecule has 0 aliphatic carbocycles. The molecule has 0 radical (unpaired) electrons. The largest absolute Gasteiger partial charge is 0.490 e. The number of ether oxygens (including phenoxy) is 1. The Hall–Kier alpha value is -4.40. The Morgan fingerprint density at radius 2 is 2.05 bits per heavy atom. The van der Waals surface area contributed by atoms with Crippen molar-refractivity contribution in [2.45, 2.75) is 37.9 Å². The van der Waals surface area contributed by atoms with Crippen molar-refractivity contribution in [3.63, 3.8) is 0 Å². The molecule has 3 atom stereocenters. The number of aliphatic imine (C=N–C) groups is 2. The van der Waals surface area contributed by atoms with Crippen LogP contribution in [0.25, 0.3) is 0 Å². The van der Waals surface area contributed by atoms with Crippen molar-refractivity contribution in [1.82, 2.24) is 9.88 Å². The third kappa shape index (κ3) is 5.32. The third-order valence-electron chi connectivity index (χ3n) is 8.09. The number of alkyl halides is 3. The summed E-state index contributed by atoms with van der Waals surface area (Å²) < 4.78 is 44.9. The summed E-state index contributed by atoms with van der Waals surface area (Å²) in [7, 11) is 0. The summed E-state index contributed by atoms with van der Waals surface area (Å²) >= 11 is 0. The van der Waals surface area contributed by atoms with Crippen LogP contribution in [0.15, 0.2) is 70.3 Å². The number of amidine groups is 1. The SMILES string of the molecule is N[N+]12C=CN=CC1=C([C@@H]1CC[C@H]3CCC(=O)N3C1)N=C2c1ccc(C(=O)Nc2cc(C(F)(F)F)ccn2)cc1OCCO. The summed E-state index contributed by atoms with van der Waals surface area (Å²) in [5.41, 5.74) is 0.944. The molecule has 2 fully saturated rings. The number of anilines is 1. The van der Waals surface area contributed by atoms with E-state index in [2.05, 4.69) is 15.3 Å². The van der Waals surface area contributed by atoms with E-state index in [-0.39, 0.29) is 52.8 Å². The number of halogens is 3. The summed E-state index contributed by atoms with van der Waals surface area (Å²) in [4.78, 5) is 40.5. The second-order valence-electron chi connectivity index (χ2n) is 10.7. The Morgan fingerprint density at radius 1 is 1.21 bits per heavy atom. The number of fused-ring (bicyclic) bond motifs is 2. The number of aromatic nitrogens is 1. The molecule has 11 nitrogen and oxygen atoms in total. The average molecular weight is 597 g/mol. The van der Waals surface area contributed by atoms with Crippen molar-refractivity contribution < 1.29 is 37.2 Å². The minimum atomic E-state index is -4.60. The van der Waals surface area contributed by atoms with Gasteiger partial charge in [0.1, 0.15) is 35.6 Å². The van der Waals surface area contributed by atoms with Crippen molar-refractivity contribution in [2.24, 2.45) is 21.7 Å². The van der Waals surface area contributed by atoms with Gasteiger partial charge in [-0.05, 0) is 49.6 Å². The summed E-state index contributed by atoms with van der Waals surface area (Å²) in [6.45, 7) is 0.122. The predicted molar refractivity (Wildman–Crippen MR) is 149 cm³/mol. The van der Waals surface area contributed by atoms with E-state index in [9.17, 15) is 27.9 Å². The number of rotatable bonds is 7. The molecule has 5 heterocycles. The molecule has 2 aromatic rings. The average Bonchev–Trinajstić information content (AvgIpc) is 3.52. The molecule has 2 saturated heterocycles. The van der Waals surface area contributed by atoms with Gasteiger partial charge in [0, 0.05) is 36.7 Å². The maximum absolute atomic E-state index is 13.1. The number of aliphatic hydroxyl groups excluding tert-OH is 1. The van der Waals surface area contributed by atoms with Crippen LogP contribution < -0.4 is 15.9 Å². The number of carbonyl (C=O) groups is 2. The second kappa shape index (κ2) is 11.0. The fourth-order valence-electron chi connectivity index (χ4n) is 5.96. The minimum absolute atomic E-state index is 0.0587. The van der Waals surface area contributed by atoms with Crippen LogP contribution in [0.2, 0.25) is 0 Å². The Kier molecular flexibility index (Phi) is 7.36. The summed E-state index contributed by atoms with van der Waals surface area (Å²) in [5.74, 6) is 6.61. The van der Waals surface area contributed by atoms with Crippen molar-refractivity contribution >= 4 is 29.7 Å². The van der Waals surface area contributed by atoms with Gasteiger partial charge < -0.3 is 20.1 Å². The number of benzene rings is 1. The zero-order valence-corrected chi connectivity index (χ0v) is 22.9. The van der Waals surface area contributed by atoms with Gasteiger partial charge in [-0.15, -0.1) is 4.59 Å². The lowest BCUT2D eigenvalue weighted by Crippen LogP contribution is -2.53. The van der Waals surface area contributed by atoms with E-state index in [1.54, 1.807) is 24.7 Å². The number of amides is 2. The second-order valence-corrected chi connectivity index (χ2v) is 10.7. The third-order valence-corrected chi connectivity index (χ3v) is 8.09. The Bertz CT molecular complexity index is 1600. The number of nitrogens with one attached hydrogen (secondary N) is 1. The molecular weight excluding hydrogens is 567 g/mol. The van der Waals surface area contributed by atoms with Crippen LogP contribution in [-0.4, -0.2) is 69.2 Å². The highest BCUT2D eigenvalue weighted by atomic mass is 19.4. The highest BCUT2D eigenvalue weighted by Gasteiger charge is 2.48. The number of quaternary nitrogens is 1. The topological polar surface area (TPSA) is 142 Å². The molecule has 0 bridgehead atoms. The van der Waals surface area contributed by atoms with Crippen molar-refractivity contribution in [1.29, 1.82) is 0 Å². The van der Waals surface area contributed by atoms with Crippen LogP contribution in [0.4, 0.5) is 19.0 Å². The van der Waals surface area contributed by atoms with Gasteiger partial charge in [-0.1, -0.05) is 0 Å². The Morgan fingerprint density at radius 3 is 2.84 bits per heavy atom. The lowest BCUT2D eigenvalue weighted by molar-refractivity contribution is -0.750. The molecule has 1 aromatic heterocycles. The lowest BCUT2D eigenvalue weighted by atomic mass is 9.90. The smallest absolute Gasteiger partial charge is 0.416 e. The van der Waals surface area contributed by atoms with E-state index < -0.39 is 17.6 Å². The molecular formula is C29H29F3N7O4+. The normalized spacial score (nSPS) is 24.6. The van der Waals surface area contributed by atoms with Gasteiger partial charge in [-0.25, -0.2) is 4.98 Å². The molecule has 0 saturated carbocycles. The van der Waals surface area contributed by atoms with E-state index in [0.29, 0.717) is 35.8 Å². The molecule has 43 heavy (non-hydrogen) atoms. The zero-order valence-electron chi connectivity index (χ0n) is 22.9. The molecule has 2 amide bonds. The highest BCUT2D eigenvalue weighted by molar-refractivity contribution is 6.07. The van der Waals surface area contributed by atoms with E-state index in [1.807, 2.05) is 4.90 Å². The van der Waals surface area contributed by atoms with Crippen molar-refractivity contribution in [3.05, 3.63) is 77.0 Å². The first-order valence-electron chi connectivity index (χ1n) is 13.8. The Balaban J connectivity index is 1.33. The first kappa shape index (κ1) is 28.7. The van der Waals surface area contributed by atoms with E-state index in [1.165, 1.54) is 12.1 Å². The van der Waals surface area contributed by atoms with Gasteiger partial charge in [0.05, 0.1) is 24.6 Å². The van der Waals surface area contributed by atoms with Crippen LogP contribution in [0.3, 0.4) is 0 Å². The van der Waals surface area contributed by atoms with Crippen LogP contribution in [0, 0.1) is 5.92 Å². The molecule has 0 spiro atoms. The molecule has 4 N–H and O–H groups in total. The monoisotopic (exact) mass is 596 g/mol. The number of hydrogen-bond acceptors (Lipinski definition) is 8. The van der Waals surface area contributed by atoms with Crippen LogP contribution in [0.5, 0.6) is 5.75 Å². The predicted octanol–water partition coefficient (Wildman–Crippen LogP) is 3.34. The molecule has 6 rings (SSSR count). The molecule has 14 heteroatoms. The standard InChI is InChI=1S/C29H28F3N7O4/c30-29(31,32)19-7-8-35-24(14-19)36-28(42)17-2-5-21(23(13-17)43-12-11-40)27-37-26(22-15-34-9-10-39(22,27)33)18-1-3-20-4-6-25(41)38(20)16-18/h2,5,7-10,13-15,18,20,40H,1,3-4,6,11-12,16,33H2/p+1/t18-,20+,39?/m1/s1. The number of aliphatic hydroxyl groups is 1. The maximum Gasteiger partial charge on any atom is 0.416 e. The van der Waals surface area contributed by atoms with Crippen molar-refractivity contribution in [3.8, 4) is 5.75 Å². The fourth-order valence-corrected chi connectivity index (χ4v) is 5.96. The van der Waals surface area contributed by atoms with Gasteiger partial charge in [-0.2, -0.15) is 24.0 Å². The Labute approximate surface area is 244 Å². The van der Waals surface area contributed by atoms with Gasteiger partial charge in [0.15, 0.2) is 0 Å². The molecule has 1 aromatic carbocycles. The van der Waals surface area contributed by atoms with E-state index in [0.717, 1.165) is 37.6 Å². The number of allylic oxidation sites excluding steroid dienone is 1. The lowest BCUT2D eigenvalue weighted by Gasteiger charge is -2.35. The summed E-state index contributed by atoms with van der Waals surface area (Å²) in [6.07, 6.45) is 4.36. The molecule has 224 valence electrons. The number of pyridine rings is 1. The van der Waals surface area contributed by atoms with Gasteiger partial charge >= 0.3 is 6.18 Å². The van der Waals surface area contributed by atoms with Crippen LogP contribution >= 0.6 is 0 Å². The summed E-state index contributed by atoms with van der Waals surface area (Å²) in [5, 5.41) is 11.8. The first-order valence-corrected chi connectivity index (χ1v) is 13.8. The summed E-state index contributed by atoms with van der Waals surface area (Å²) in [6, 6.07) is 6.29. The van der Waals surface area contributed by atoms with Crippen molar-refractivity contribution in [2.75, 3.05) is 25.1 Å². The zero-order chi connectivity index (χ0) is 30.4. The first-order chi connectivity index (χ1) is 20.6. The fraction of sp³-hybridized carbons (Fsp3) is 0.345. The van der Waals surface area contributed by atoms with Gasteiger partial charge in [0.25, 0.3) is 11.7 Å². The maximum atomic E-state index is 13.1. The van der Waals surface area contributed by atoms with Gasteiger partial charge in [-0.3, -0.25) is 14.6 Å². The van der Waals surface area contributed by atoms with E-state index >= 15 is 0 Å². The minimum Gasteiger partial charge on any atom is -0.490 e. The van der Waals surface area contributed by atoms with Crippen LogP contribution in [-0.2, 0) is 11.0 Å². The molecule has 4 aliphatic rings. The molecule has 4 aliphatic heterocycles.